The summed E-state index contributed by atoms with van der Waals surface area (Å²) < 4.78 is 22.6. The third-order valence-electron chi connectivity index (χ3n) is 3.35. The molecule has 7 heteroatoms. The predicted molar refractivity (Wildman–Crippen MR) is 65.9 cm³/mol. The average Bonchev–Trinajstić information content (AvgIpc) is 2.57. The molecular weight excluding hydrogens is 258 g/mol. The molecule has 0 aromatic rings. The van der Waals surface area contributed by atoms with Gasteiger partial charge in [-0.2, -0.15) is 0 Å². The van der Waals surface area contributed by atoms with Crippen LogP contribution in [0.4, 0.5) is 0 Å². The number of rotatable bonds is 5. The highest BCUT2D eigenvalue weighted by Gasteiger charge is 2.36. The van der Waals surface area contributed by atoms with Gasteiger partial charge in [-0.05, 0) is 19.8 Å². The van der Waals surface area contributed by atoms with Crippen molar-refractivity contribution in [3.8, 4) is 0 Å². The molecule has 0 saturated carbocycles. The van der Waals surface area contributed by atoms with Gasteiger partial charge in [-0.15, -0.1) is 0 Å². The third kappa shape index (κ3) is 3.97. The van der Waals surface area contributed by atoms with Gasteiger partial charge >= 0.3 is 5.97 Å². The smallest absolute Gasteiger partial charge is 0.305 e. The van der Waals surface area contributed by atoms with E-state index in [1.807, 2.05) is 0 Å². The molecular formula is C11H19NO5S. The van der Waals surface area contributed by atoms with E-state index in [1.165, 1.54) is 0 Å². The predicted octanol–water partition coefficient (Wildman–Crippen LogP) is 0.181. The molecule has 0 aliphatic carbocycles. The molecule has 2 unspecified atom stereocenters. The maximum absolute atomic E-state index is 11.9. The summed E-state index contributed by atoms with van der Waals surface area (Å²) in [6.07, 6.45) is 0.625. The van der Waals surface area contributed by atoms with E-state index in [0.717, 1.165) is 0 Å². The Bertz CT molecular complexity index is 444. The molecule has 1 saturated heterocycles. The molecule has 2 N–H and O–H groups in total. The summed E-state index contributed by atoms with van der Waals surface area (Å²) in [5, 5.41) is 11.5. The van der Waals surface area contributed by atoms with Crippen molar-refractivity contribution in [1.29, 1.82) is 0 Å². The van der Waals surface area contributed by atoms with Crippen molar-refractivity contribution in [2.75, 3.05) is 11.5 Å². The number of hydrogen-bond acceptors (Lipinski definition) is 4. The van der Waals surface area contributed by atoms with Gasteiger partial charge in [0, 0.05) is 5.54 Å². The average molecular weight is 277 g/mol. The van der Waals surface area contributed by atoms with Crippen LogP contribution in [0, 0.1) is 5.92 Å². The number of nitrogens with one attached hydrogen (secondary N) is 1. The standard InChI is InChI=1S/C11H19NO5S/c1-3-11(2,6-9(13)14)12-10(15)8-4-5-18(16,17)7-8/h8H,3-7H2,1-2H3,(H,12,15)(H,13,14). The molecule has 104 valence electrons. The van der Waals surface area contributed by atoms with Gasteiger partial charge in [0.25, 0.3) is 0 Å². The Morgan fingerprint density at radius 3 is 2.44 bits per heavy atom. The van der Waals surface area contributed by atoms with Gasteiger partial charge in [-0.3, -0.25) is 9.59 Å². The molecule has 0 spiro atoms. The van der Waals surface area contributed by atoms with Crippen molar-refractivity contribution in [2.45, 2.75) is 38.6 Å². The van der Waals surface area contributed by atoms with Gasteiger partial charge in [0.15, 0.2) is 9.84 Å². The lowest BCUT2D eigenvalue weighted by molar-refractivity contribution is -0.139. The maximum Gasteiger partial charge on any atom is 0.305 e. The molecule has 0 aromatic heterocycles. The lowest BCUT2D eigenvalue weighted by atomic mass is 9.93. The van der Waals surface area contributed by atoms with Crippen LogP contribution < -0.4 is 5.32 Å². The van der Waals surface area contributed by atoms with Gasteiger partial charge in [0.1, 0.15) is 0 Å². The van der Waals surface area contributed by atoms with E-state index in [2.05, 4.69) is 5.32 Å². The SMILES string of the molecule is CCC(C)(CC(=O)O)NC(=O)C1CCS(=O)(=O)C1. The zero-order chi connectivity index (χ0) is 14.0. The van der Waals surface area contributed by atoms with E-state index >= 15 is 0 Å². The third-order valence-corrected chi connectivity index (χ3v) is 5.12. The number of carboxylic acid groups (broad SMARTS) is 1. The largest absolute Gasteiger partial charge is 0.481 e. The molecule has 1 aliphatic rings. The zero-order valence-electron chi connectivity index (χ0n) is 10.6. The van der Waals surface area contributed by atoms with Crippen molar-refractivity contribution >= 4 is 21.7 Å². The summed E-state index contributed by atoms with van der Waals surface area (Å²) >= 11 is 0. The highest BCUT2D eigenvalue weighted by atomic mass is 32.2. The van der Waals surface area contributed by atoms with Crippen molar-refractivity contribution in [1.82, 2.24) is 5.32 Å². The van der Waals surface area contributed by atoms with Gasteiger partial charge in [0.2, 0.25) is 5.91 Å². The van der Waals surface area contributed by atoms with Crippen molar-refractivity contribution in [2.24, 2.45) is 5.92 Å². The number of hydrogen-bond donors (Lipinski definition) is 2. The zero-order valence-corrected chi connectivity index (χ0v) is 11.4. The van der Waals surface area contributed by atoms with E-state index < -0.39 is 27.3 Å². The summed E-state index contributed by atoms with van der Waals surface area (Å²) in [6.45, 7) is 3.44. The lowest BCUT2D eigenvalue weighted by Gasteiger charge is -2.29. The van der Waals surface area contributed by atoms with E-state index in [1.54, 1.807) is 13.8 Å². The number of carbonyl (C=O) groups is 2. The van der Waals surface area contributed by atoms with E-state index in [-0.39, 0.29) is 23.8 Å². The van der Waals surface area contributed by atoms with E-state index in [4.69, 9.17) is 5.11 Å². The molecule has 1 aliphatic heterocycles. The van der Waals surface area contributed by atoms with Gasteiger partial charge in [-0.1, -0.05) is 6.92 Å². The van der Waals surface area contributed by atoms with Crippen LogP contribution in [0.15, 0.2) is 0 Å². The first kappa shape index (κ1) is 14.9. The second kappa shape index (κ2) is 5.26. The van der Waals surface area contributed by atoms with Crippen LogP contribution in [0.2, 0.25) is 0 Å². The van der Waals surface area contributed by atoms with Crippen molar-refractivity contribution in [3.05, 3.63) is 0 Å². The highest BCUT2D eigenvalue weighted by Crippen LogP contribution is 2.21. The number of carboxylic acids is 1. The van der Waals surface area contributed by atoms with E-state index in [9.17, 15) is 18.0 Å². The molecule has 6 nitrogen and oxygen atoms in total. The van der Waals surface area contributed by atoms with Crippen molar-refractivity contribution in [3.63, 3.8) is 0 Å². The number of amides is 1. The first-order valence-electron chi connectivity index (χ1n) is 5.92. The van der Waals surface area contributed by atoms with Crippen LogP contribution >= 0.6 is 0 Å². The Balaban J connectivity index is 2.66. The molecule has 0 bridgehead atoms. The monoisotopic (exact) mass is 277 g/mol. The molecule has 0 aromatic carbocycles. The van der Waals surface area contributed by atoms with Gasteiger partial charge in [-0.25, -0.2) is 8.42 Å². The molecule has 18 heavy (non-hydrogen) atoms. The Morgan fingerprint density at radius 1 is 1.44 bits per heavy atom. The molecule has 1 amide bonds. The topological polar surface area (TPSA) is 101 Å². The summed E-state index contributed by atoms with van der Waals surface area (Å²) in [5.74, 6) is -1.99. The van der Waals surface area contributed by atoms with Crippen molar-refractivity contribution < 1.29 is 23.1 Å². The fraction of sp³-hybridized carbons (Fsp3) is 0.818. The normalized spacial score (nSPS) is 25.3. The van der Waals surface area contributed by atoms with Crippen LogP contribution in [0.25, 0.3) is 0 Å². The highest BCUT2D eigenvalue weighted by molar-refractivity contribution is 7.91. The molecule has 1 heterocycles. The lowest BCUT2D eigenvalue weighted by Crippen LogP contribution is -2.49. The summed E-state index contributed by atoms with van der Waals surface area (Å²) in [4.78, 5) is 22.7. The number of aliphatic carboxylic acids is 1. The minimum Gasteiger partial charge on any atom is -0.481 e. The molecule has 1 rings (SSSR count). The molecule has 1 fully saturated rings. The van der Waals surface area contributed by atoms with Crippen LogP contribution in [-0.4, -0.2) is 42.4 Å². The Hall–Kier alpha value is -1.11. The van der Waals surface area contributed by atoms with E-state index in [0.29, 0.717) is 12.8 Å². The first-order chi connectivity index (χ1) is 8.17. The fourth-order valence-electron chi connectivity index (χ4n) is 1.99. The van der Waals surface area contributed by atoms with Crippen LogP contribution in [-0.2, 0) is 19.4 Å². The number of carbonyl (C=O) groups excluding carboxylic acids is 1. The minimum atomic E-state index is -3.10. The minimum absolute atomic E-state index is 0.0346. The Labute approximate surface area is 107 Å². The number of sulfone groups is 1. The molecule has 2 atom stereocenters. The second-order valence-corrected chi connectivity index (χ2v) is 7.30. The first-order valence-corrected chi connectivity index (χ1v) is 7.74. The van der Waals surface area contributed by atoms with Crippen LogP contribution in [0.3, 0.4) is 0 Å². The summed E-state index contributed by atoms with van der Waals surface area (Å²) in [6, 6.07) is 0. The summed E-state index contributed by atoms with van der Waals surface area (Å²) in [7, 11) is -3.10. The molecule has 0 radical (unpaired) electrons. The Morgan fingerprint density at radius 2 is 2.06 bits per heavy atom. The van der Waals surface area contributed by atoms with Crippen LogP contribution in [0.1, 0.15) is 33.1 Å². The quantitative estimate of drug-likeness (QED) is 0.746. The second-order valence-electron chi connectivity index (χ2n) is 5.07. The Kier molecular flexibility index (Phi) is 4.37. The van der Waals surface area contributed by atoms with Gasteiger partial charge in [0.05, 0.1) is 23.8 Å². The summed E-state index contributed by atoms with van der Waals surface area (Å²) in [5.41, 5.74) is -0.824. The maximum atomic E-state index is 11.9. The van der Waals surface area contributed by atoms with Gasteiger partial charge < -0.3 is 10.4 Å². The van der Waals surface area contributed by atoms with Crippen LogP contribution in [0.5, 0.6) is 0 Å². The fourth-order valence-corrected chi connectivity index (χ4v) is 3.73.